The summed E-state index contributed by atoms with van der Waals surface area (Å²) in [6, 6.07) is 15.5. The van der Waals surface area contributed by atoms with Gasteiger partial charge in [0.2, 0.25) is 0 Å². The van der Waals surface area contributed by atoms with Gasteiger partial charge < -0.3 is 5.73 Å². The Morgan fingerprint density at radius 1 is 1.00 bits per heavy atom. The monoisotopic (exact) mass is 339 g/mol. The first-order valence-electron chi connectivity index (χ1n) is 5.78. The normalized spacial score (nSPS) is 13.2. The fourth-order valence-electron chi connectivity index (χ4n) is 1.82. The van der Waals surface area contributed by atoms with Crippen molar-refractivity contribution in [3.8, 4) is 0 Å². The van der Waals surface area contributed by atoms with E-state index < -0.39 is 15.9 Å². The molecular formula is C14H14BrNO2S. The van der Waals surface area contributed by atoms with E-state index in [9.17, 15) is 8.42 Å². The lowest BCUT2D eigenvalue weighted by Gasteiger charge is -2.13. The number of nitrogens with two attached hydrogens (primary N) is 1. The molecule has 0 aliphatic carbocycles. The summed E-state index contributed by atoms with van der Waals surface area (Å²) in [7, 11) is -3.41. The fourth-order valence-corrected chi connectivity index (χ4v) is 4.34. The average molecular weight is 340 g/mol. The van der Waals surface area contributed by atoms with Gasteiger partial charge in [-0.15, -0.1) is 0 Å². The number of benzene rings is 2. The van der Waals surface area contributed by atoms with Gasteiger partial charge in [-0.1, -0.05) is 42.5 Å². The Bertz CT molecular complexity index is 656. The van der Waals surface area contributed by atoms with Gasteiger partial charge in [-0.3, -0.25) is 0 Å². The number of halogens is 1. The predicted octanol–water partition coefficient (Wildman–Crippen LogP) is 2.92. The fraction of sp³-hybridized carbons (Fsp3) is 0.143. The van der Waals surface area contributed by atoms with Gasteiger partial charge in [0.25, 0.3) is 0 Å². The summed E-state index contributed by atoms with van der Waals surface area (Å²) in [5.41, 5.74) is 6.79. The van der Waals surface area contributed by atoms with Crippen LogP contribution >= 0.6 is 15.9 Å². The van der Waals surface area contributed by atoms with E-state index in [1.165, 1.54) is 0 Å². The molecule has 0 fully saturated rings. The van der Waals surface area contributed by atoms with E-state index >= 15 is 0 Å². The molecule has 100 valence electrons. The lowest BCUT2D eigenvalue weighted by atomic mass is 10.1. The molecule has 0 spiro atoms. The van der Waals surface area contributed by atoms with E-state index in [0.29, 0.717) is 4.47 Å². The number of hydrogen-bond donors (Lipinski definition) is 1. The van der Waals surface area contributed by atoms with Crippen molar-refractivity contribution in [2.45, 2.75) is 10.9 Å². The molecule has 0 amide bonds. The third-order valence-corrected chi connectivity index (χ3v) is 5.58. The minimum Gasteiger partial charge on any atom is -0.323 e. The Kier molecular flexibility index (Phi) is 4.39. The largest absolute Gasteiger partial charge is 0.323 e. The number of hydrogen-bond acceptors (Lipinski definition) is 3. The lowest BCUT2D eigenvalue weighted by molar-refractivity contribution is 0.588. The second-order valence-electron chi connectivity index (χ2n) is 4.23. The molecule has 2 N–H and O–H groups in total. The van der Waals surface area contributed by atoms with E-state index in [2.05, 4.69) is 15.9 Å². The van der Waals surface area contributed by atoms with Gasteiger partial charge >= 0.3 is 0 Å². The molecule has 0 aliphatic rings. The molecule has 0 aromatic heterocycles. The van der Waals surface area contributed by atoms with Crippen LogP contribution in [0.25, 0.3) is 0 Å². The Balaban J connectivity index is 2.26. The van der Waals surface area contributed by atoms with Crippen LogP contribution in [-0.2, 0) is 9.84 Å². The van der Waals surface area contributed by atoms with Gasteiger partial charge in [-0.05, 0) is 33.6 Å². The smallest absolute Gasteiger partial charge is 0.181 e. The summed E-state index contributed by atoms with van der Waals surface area (Å²) in [4.78, 5) is 0.279. The van der Waals surface area contributed by atoms with Gasteiger partial charge in [-0.25, -0.2) is 8.42 Å². The summed E-state index contributed by atoms with van der Waals surface area (Å²) >= 11 is 3.26. The van der Waals surface area contributed by atoms with Crippen molar-refractivity contribution in [3.63, 3.8) is 0 Å². The first-order chi connectivity index (χ1) is 9.00. The van der Waals surface area contributed by atoms with E-state index in [0.717, 1.165) is 5.56 Å². The Morgan fingerprint density at radius 2 is 1.58 bits per heavy atom. The quantitative estimate of drug-likeness (QED) is 0.931. The van der Waals surface area contributed by atoms with Gasteiger partial charge in [0.05, 0.1) is 10.6 Å². The summed E-state index contributed by atoms with van der Waals surface area (Å²) in [6.45, 7) is 0. The number of sulfone groups is 1. The maximum atomic E-state index is 12.3. The molecule has 0 radical (unpaired) electrons. The molecule has 2 aromatic rings. The van der Waals surface area contributed by atoms with Gasteiger partial charge in [0, 0.05) is 10.5 Å². The van der Waals surface area contributed by atoms with Crippen LogP contribution in [0.2, 0.25) is 0 Å². The average Bonchev–Trinajstić information content (AvgIpc) is 2.39. The van der Waals surface area contributed by atoms with Crippen LogP contribution < -0.4 is 5.73 Å². The highest BCUT2D eigenvalue weighted by Crippen LogP contribution is 2.24. The van der Waals surface area contributed by atoms with Gasteiger partial charge in [-0.2, -0.15) is 0 Å². The van der Waals surface area contributed by atoms with Crippen LogP contribution in [0.1, 0.15) is 11.6 Å². The Hall–Kier alpha value is -1.17. The zero-order valence-electron chi connectivity index (χ0n) is 10.2. The molecule has 0 heterocycles. The molecule has 0 aliphatic heterocycles. The predicted molar refractivity (Wildman–Crippen MR) is 79.6 cm³/mol. The summed E-state index contributed by atoms with van der Waals surface area (Å²) in [5.74, 6) is -0.111. The third kappa shape index (κ3) is 3.43. The maximum Gasteiger partial charge on any atom is 0.181 e. The first kappa shape index (κ1) is 14.2. The van der Waals surface area contributed by atoms with Gasteiger partial charge in [0.15, 0.2) is 9.84 Å². The molecule has 19 heavy (non-hydrogen) atoms. The molecule has 1 atom stereocenters. The number of rotatable bonds is 4. The molecule has 3 nitrogen and oxygen atoms in total. The topological polar surface area (TPSA) is 60.2 Å². The SMILES string of the molecule is NC(CS(=O)(=O)c1ccccc1Br)c1ccccc1. The summed E-state index contributed by atoms with van der Waals surface area (Å²) in [6.07, 6.45) is 0. The molecule has 5 heteroatoms. The van der Waals surface area contributed by atoms with Crippen LogP contribution in [0.3, 0.4) is 0 Å². The van der Waals surface area contributed by atoms with Crippen LogP contribution in [0.15, 0.2) is 64.0 Å². The summed E-state index contributed by atoms with van der Waals surface area (Å²) in [5, 5.41) is 0. The van der Waals surface area contributed by atoms with E-state index in [-0.39, 0.29) is 10.6 Å². The first-order valence-corrected chi connectivity index (χ1v) is 8.23. The highest BCUT2D eigenvalue weighted by Gasteiger charge is 2.21. The molecule has 2 rings (SSSR count). The maximum absolute atomic E-state index is 12.3. The Labute approximate surface area is 121 Å². The van der Waals surface area contributed by atoms with Crippen molar-refractivity contribution in [2.75, 3.05) is 5.75 Å². The van der Waals surface area contributed by atoms with E-state index in [4.69, 9.17) is 5.73 Å². The van der Waals surface area contributed by atoms with Crippen LogP contribution in [0, 0.1) is 0 Å². The molecule has 1 unspecified atom stereocenters. The van der Waals surface area contributed by atoms with Crippen molar-refractivity contribution in [3.05, 3.63) is 64.6 Å². The van der Waals surface area contributed by atoms with Crippen molar-refractivity contribution >= 4 is 25.8 Å². The third-order valence-electron chi connectivity index (χ3n) is 2.80. The standard InChI is InChI=1S/C14H14BrNO2S/c15-12-8-4-5-9-14(12)19(17,18)10-13(16)11-6-2-1-3-7-11/h1-9,13H,10,16H2. The minimum atomic E-state index is -3.41. The highest BCUT2D eigenvalue weighted by molar-refractivity contribution is 9.10. The van der Waals surface area contributed by atoms with Crippen LogP contribution in [0.4, 0.5) is 0 Å². The van der Waals surface area contributed by atoms with Crippen molar-refractivity contribution in [1.82, 2.24) is 0 Å². The minimum absolute atomic E-state index is 0.111. The molecule has 0 bridgehead atoms. The zero-order chi connectivity index (χ0) is 13.9. The molecular weight excluding hydrogens is 326 g/mol. The highest BCUT2D eigenvalue weighted by atomic mass is 79.9. The Morgan fingerprint density at radius 3 is 2.21 bits per heavy atom. The zero-order valence-corrected chi connectivity index (χ0v) is 12.6. The molecule has 0 saturated heterocycles. The van der Waals surface area contributed by atoms with Crippen LogP contribution in [0.5, 0.6) is 0 Å². The van der Waals surface area contributed by atoms with E-state index in [1.807, 2.05) is 30.3 Å². The van der Waals surface area contributed by atoms with E-state index in [1.54, 1.807) is 24.3 Å². The van der Waals surface area contributed by atoms with Crippen LogP contribution in [-0.4, -0.2) is 14.2 Å². The van der Waals surface area contributed by atoms with Crippen molar-refractivity contribution < 1.29 is 8.42 Å². The molecule has 0 saturated carbocycles. The van der Waals surface area contributed by atoms with Crippen molar-refractivity contribution in [1.29, 1.82) is 0 Å². The van der Waals surface area contributed by atoms with Gasteiger partial charge in [0.1, 0.15) is 0 Å². The van der Waals surface area contributed by atoms with Crippen molar-refractivity contribution in [2.24, 2.45) is 5.73 Å². The molecule has 2 aromatic carbocycles. The summed E-state index contributed by atoms with van der Waals surface area (Å²) < 4.78 is 25.2. The second kappa shape index (κ2) is 5.86. The lowest BCUT2D eigenvalue weighted by Crippen LogP contribution is -2.22. The second-order valence-corrected chi connectivity index (χ2v) is 7.09.